The molecule has 0 radical (unpaired) electrons. The monoisotopic (exact) mass is 423 g/mol. The molecule has 0 bridgehead atoms. The molecule has 2 aromatic carbocycles. The third-order valence-electron chi connectivity index (χ3n) is 3.17. The van der Waals surface area contributed by atoms with Crippen LogP contribution in [0.5, 0.6) is 0 Å². The molecule has 0 aliphatic rings. The number of rotatable bonds is 4. The predicted octanol–water partition coefficient (Wildman–Crippen LogP) is 1.10. The van der Waals surface area contributed by atoms with Gasteiger partial charge in [0.05, 0.1) is 14.9 Å². The summed E-state index contributed by atoms with van der Waals surface area (Å²) < 4.78 is 46.0. The summed E-state index contributed by atoms with van der Waals surface area (Å²) in [5.41, 5.74) is 5.08. The molecule has 6 N–H and O–H groups in total. The van der Waals surface area contributed by atoms with Gasteiger partial charge in [0.25, 0.3) is 0 Å². The second kappa shape index (κ2) is 6.56. The molecule has 0 aliphatic carbocycles. The molecule has 0 amide bonds. The number of sulfonamides is 2. The summed E-state index contributed by atoms with van der Waals surface area (Å²) in [7, 11) is -8.30. The highest BCUT2D eigenvalue weighted by atomic mass is 35.5. The van der Waals surface area contributed by atoms with E-state index in [1.165, 1.54) is 6.07 Å². The zero-order valence-electron chi connectivity index (χ0n) is 12.2. The molecule has 0 saturated heterocycles. The van der Waals surface area contributed by atoms with Gasteiger partial charge in [-0.05, 0) is 30.3 Å². The first-order valence-corrected chi connectivity index (χ1v) is 10.2. The Morgan fingerprint density at radius 3 is 1.96 bits per heavy atom. The SMILES string of the molecule is Nc1cc(Cl)c(S(N)(=O)=O)cc1C(=O)c1cc(S(N)(=O)=O)ccc1Cl. The molecular formula is C13H11Cl2N3O5S2. The van der Waals surface area contributed by atoms with E-state index in [1.807, 2.05) is 0 Å². The van der Waals surface area contributed by atoms with E-state index in [-0.39, 0.29) is 31.8 Å². The lowest BCUT2D eigenvalue weighted by Crippen LogP contribution is -2.16. The summed E-state index contributed by atoms with van der Waals surface area (Å²) in [6.07, 6.45) is 0. The molecule has 0 atom stereocenters. The predicted molar refractivity (Wildman–Crippen MR) is 93.5 cm³/mol. The highest BCUT2D eigenvalue weighted by Gasteiger charge is 2.23. The van der Waals surface area contributed by atoms with Crippen molar-refractivity contribution < 1.29 is 21.6 Å². The Hall–Kier alpha value is -1.69. The molecule has 25 heavy (non-hydrogen) atoms. The second-order valence-corrected chi connectivity index (χ2v) is 8.84. The number of nitrogens with two attached hydrogens (primary N) is 3. The van der Waals surface area contributed by atoms with Crippen molar-refractivity contribution in [3.8, 4) is 0 Å². The Morgan fingerprint density at radius 2 is 1.44 bits per heavy atom. The summed E-state index contributed by atoms with van der Waals surface area (Å²) in [6, 6.07) is 5.20. The molecule has 0 aromatic heterocycles. The van der Waals surface area contributed by atoms with Gasteiger partial charge in [-0.25, -0.2) is 27.1 Å². The van der Waals surface area contributed by atoms with Crippen molar-refractivity contribution in [2.24, 2.45) is 10.3 Å². The maximum Gasteiger partial charge on any atom is 0.239 e. The maximum absolute atomic E-state index is 12.7. The number of halogens is 2. The number of nitrogen functional groups attached to an aromatic ring is 1. The third kappa shape index (κ3) is 4.11. The van der Waals surface area contributed by atoms with Crippen molar-refractivity contribution in [2.75, 3.05) is 5.73 Å². The Morgan fingerprint density at radius 1 is 0.840 bits per heavy atom. The minimum absolute atomic E-state index is 0.0797. The fourth-order valence-electron chi connectivity index (χ4n) is 1.98. The molecule has 2 rings (SSSR count). The molecule has 0 saturated carbocycles. The van der Waals surface area contributed by atoms with Crippen LogP contribution in [-0.4, -0.2) is 22.6 Å². The van der Waals surface area contributed by atoms with Crippen molar-refractivity contribution in [1.29, 1.82) is 0 Å². The first-order chi connectivity index (χ1) is 11.3. The fourth-order valence-corrected chi connectivity index (χ4v) is 3.83. The lowest BCUT2D eigenvalue weighted by Gasteiger charge is -2.11. The van der Waals surface area contributed by atoms with Gasteiger partial charge >= 0.3 is 0 Å². The Bertz CT molecular complexity index is 1100. The van der Waals surface area contributed by atoms with Gasteiger partial charge < -0.3 is 5.73 Å². The smallest absolute Gasteiger partial charge is 0.239 e. The van der Waals surface area contributed by atoms with Gasteiger partial charge in [-0.3, -0.25) is 4.79 Å². The summed E-state index contributed by atoms with van der Waals surface area (Å²) in [6.45, 7) is 0. The van der Waals surface area contributed by atoms with Gasteiger partial charge in [0.2, 0.25) is 20.0 Å². The number of anilines is 1. The van der Waals surface area contributed by atoms with Crippen LogP contribution in [0.3, 0.4) is 0 Å². The van der Waals surface area contributed by atoms with Crippen molar-refractivity contribution in [3.63, 3.8) is 0 Å². The summed E-state index contributed by atoms with van der Waals surface area (Å²) >= 11 is 11.7. The van der Waals surface area contributed by atoms with Crippen LogP contribution in [0.15, 0.2) is 40.1 Å². The minimum Gasteiger partial charge on any atom is -0.398 e. The van der Waals surface area contributed by atoms with E-state index in [0.29, 0.717) is 0 Å². The van der Waals surface area contributed by atoms with Gasteiger partial charge in [-0.2, -0.15) is 0 Å². The molecule has 0 heterocycles. The molecule has 134 valence electrons. The standard InChI is InChI=1S/C13H11Cl2N3O5S2/c14-9-2-1-6(24(17,20)21)3-7(9)13(19)8-4-12(25(18,22)23)10(15)5-11(8)16/h1-5H,16H2,(H2,17,20,21)(H2,18,22,23). The zero-order valence-corrected chi connectivity index (χ0v) is 15.4. The van der Waals surface area contributed by atoms with Gasteiger partial charge in [-0.1, -0.05) is 23.2 Å². The summed E-state index contributed by atoms with van der Waals surface area (Å²) in [5, 5.41) is 9.72. The molecule has 8 nitrogen and oxygen atoms in total. The van der Waals surface area contributed by atoms with Crippen molar-refractivity contribution in [1.82, 2.24) is 0 Å². The Balaban J connectivity index is 2.71. The number of carbonyl (C=O) groups is 1. The lowest BCUT2D eigenvalue weighted by atomic mass is 10.0. The van der Waals surface area contributed by atoms with Crippen molar-refractivity contribution in [2.45, 2.75) is 9.79 Å². The van der Waals surface area contributed by atoms with Crippen LogP contribution in [-0.2, 0) is 20.0 Å². The number of hydrogen-bond acceptors (Lipinski definition) is 6. The molecular weight excluding hydrogens is 413 g/mol. The van der Waals surface area contributed by atoms with Crippen LogP contribution in [0, 0.1) is 0 Å². The van der Waals surface area contributed by atoms with Crippen LogP contribution in [0.25, 0.3) is 0 Å². The average Bonchev–Trinajstić information content (AvgIpc) is 2.44. The molecule has 0 fully saturated rings. The first kappa shape index (κ1) is 19.6. The molecule has 0 aliphatic heterocycles. The molecule has 0 unspecified atom stereocenters. The fraction of sp³-hybridized carbons (Fsp3) is 0. The van der Waals surface area contributed by atoms with Crippen LogP contribution < -0.4 is 16.0 Å². The second-order valence-electron chi connectivity index (χ2n) is 4.93. The van der Waals surface area contributed by atoms with Gasteiger partial charge in [-0.15, -0.1) is 0 Å². The number of ketones is 1. The van der Waals surface area contributed by atoms with E-state index in [4.69, 9.17) is 39.2 Å². The van der Waals surface area contributed by atoms with E-state index in [9.17, 15) is 21.6 Å². The van der Waals surface area contributed by atoms with E-state index in [0.717, 1.165) is 24.3 Å². The van der Waals surface area contributed by atoms with Gasteiger partial charge in [0.15, 0.2) is 5.78 Å². The summed E-state index contributed by atoms with van der Waals surface area (Å²) in [4.78, 5) is 11.8. The zero-order chi connectivity index (χ0) is 19.2. The van der Waals surface area contributed by atoms with E-state index < -0.39 is 30.7 Å². The van der Waals surface area contributed by atoms with Crippen molar-refractivity contribution >= 4 is 54.7 Å². The minimum atomic E-state index is -4.22. The average molecular weight is 424 g/mol. The largest absolute Gasteiger partial charge is 0.398 e. The maximum atomic E-state index is 12.7. The van der Waals surface area contributed by atoms with Gasteiger partial charge in [0, 0.05) is 16.8 Å². The quantitative estimate of drug-likeness (QED) is 0.491. The topological polar surface area (TPSA) is 163 Å². The molecule has 2 aromatic rings. The lowest BCUT2D eigenvalue weighted by molar-refractivity contribution is 0.103. The van der Waals surface area contributed by atoms with E-state index in [1.54, 1.807) is 0 Å². The summed E-state index contributed by atoms with van der Waals surface area (Å²) in [5.74, 6) is -0.824. The van der Waals surface area contributed by atoms with E-state index in [2.05, 4.69) is 0 Å². The first-order valence-electron chi connectivity index (χ1n) is 6.31. The number of benzene rings is 2. The third-order valence-corrected chi connectivity index (χ3v) is 5.78. The van der Waals surface area contributed by atoms with Crippen LogP contribution in [0.1, 0.15) is 15.9 Å². The number of hydrogen-bond donors (Lipinski definition) is 3. The van der Waals surface area contributed by atoms with Crippen LogP contribution in [0.2, 0.25) is 10.0 Å². The number of primary sulfonamides is 2. The van der Waals surface area contributed by atoms with Crippen LogP contribution in [0.4, 0.5) is 5.69 Å². The van der Waals surface area contributed by atoms with Crippen molar-refractivity contribution in [3.05, 3.63) is 51.5 Å². The molecule has 0 spiro atoms. The van der Waals surface area contributed by atoms with Crippen LogP contribution >= 0.6 is 23.2 Å². The number of carbonyl (C=O) groups excluding carboxylic acids is 1. The highest BCUT2D eigenvalue weighted by Crippen LogP contribution is 2.30. The Labute approximate surface area is 153 Å². The highest BCUT2D eigenvalue weighted by molar-refractivity contribution is 7.89. The Kier molecular flexibility index (Phi) is 5.15. The van der Waals surface area contributed by atoms with Gasteiger partial charge in [0.1, 0.15) is 4.90 Å². The normalized spacial score (nSPS) is 12.2. The molecule has 12 heteroatoms. The van der Waals surface area contributed by atoms with E-state index >= 15 is 0 Å².